The molecule has 0 aliphatic carbocycles. The number of piperidine rings is 1. The molecular formula is C17H27N5OS. The Kier molecular flexibility index (Phi) is 5.53. The van der Waals surface area contributed by atoms with Crippen molar-refractivity contribution in [2.24, 2.45) is 0 Å². The van der Waals surface area contributed by atoms with Crippen molar-refractivity contribution < 1.29 is 4.42 Å². The van der Waals surface area contributed by atoms with Crippen molar-refractivity contribution in [2.45, 2.75) is 58.2 Å². The molecule has 2 aromatic heterocycles. The number of thiazole rings is 1. The summed E-state index contributed by atoms with van der Waals surface area (Å²) < 4.78 is 5.79. The highest BCUT2D eigenvalue weighted by atomic mass is 32.1. The molecule has 1 fully saturated rings. The van der Waals surface area contributed by atoms with Crippen molar-refractivity contribution in [3.05, 3.63) is 28.9 Å². The van der Waals surface area contributed by atoms with Crippen molar-refractivity contribution in [3.63, 3.8) is 0 Å². The minimum atomic E-state index is -0.00251. The Morgan fingerprint density at radius 3 is 2.88 bits per heavy atom. The standard InChI is InChI=1S/C17H27N5OS/c1-17(2,3)14-10-20-15(23-14)11-19-8-13-9-21-16(24-13)22-12-5-4-6-18-7-12/h9-10,12,18-19H,4-8,11H2,1-3H3,(H,21,22). The topological polar surface area (TPSA) is 75.0 Å². The summed E-state index contributed by atoms with van der Waals surface area (Å²) in [6.45, 7) is 9.92. The van der Waals surface area contributed by atoms with Crippen LogP contribution >= 0.6 is 11.3 Å². The first-order valence-corrected chi connectivity index (χ1v) is 9.40. The predicted molar refractivity (Wildman–Crippen MR) is 97.4 cm³/mol. The first kappa shape index (κ1) is 17.4. The second-order valence-corrected chi connectivity index (χ2v) is 8.41. The fourth-order valence-electron chi connectivity index (χ4n) is 2.64. The van der Waals surface area contributed by atoms with Crippen LogP contribution in [0.2, 0.25) is 0 Å². The summed E-state index contributed by atoms with van der Waals surface area (Å²) in [4.78, 5) is 10.0. The van der Waals surface area contributed by atoms with Crippen LogP contribution in [-0.2, 0) is 18.5 Å². The molecule has 1 atom stereocenters. The molecule has 1 saturated heterocycles. The zero-order chi connectivity index (χ0) is 17.0. The van der Waals surface area contributed by atoms with Crippen LogP contribution in [0.25, 0.3) is 0 Å². The molecule has 2 aromatic rings. The quantitative estimate of drug-likeness (QED) is 0.745. The summed E-state index contributed by atoms with van der Waals surface area (Å²) in [5.74, 6) is 1.65. The van der Waals surface area contributed by atoms with Crippen LogP contribution in [-0.4, -0.2) is 29.1 Å². The minimum Gasteiger partial charge on any atom is -0.444 e. The molecule has 0 spiro atoms. The van der Waals surface area contributed by atoms with Gasteiger partial charge in [-0.15, -0.1) is 11.3 Å². The van der Waals surface area contributed by atoms with E-state index in [1.165, 1.54) is 17.7 Å². The van der Waals surface area contributed by atoms with Crippen LogP contribution in [0.5, 0.6) is 0 Å². The van der Waals surface area contributed by atoms with Crippen LogP contribution in [0.15, 0.2) is 16.8 Å². The lowest BCUT2D eigenvalue weighted by Crippen LogP contribution is -2.38. The largest absolute Gasteiger partial charge is 0.444 e. The predicted octanol–water partition coefficient (Wildman–Crippen LogP) is 2.88. The average molecular weight is 350 g/mol. The van der Waals surface area contributed by atoms with Gasteiger partial charge < -0.3 is 20.4 Å². The molecular weight excluding hydrogens is 322 g/mol. The normalized spacial score (nSPS) is 18.7. The molecule has 132 valence electrons. The molecule has 24 heavy (non-hydrogen) atoms. The molecule has 1 aliphatic rings. The summed E-state index contributed by atoms with van der Waals surface area (Å²) in [6, 6.07) is 0.494. The molecule has 0 amide bonds. The molecule has 1 unspecified atom stereocenters. The highest BCUT2D eigenvalue weighted by molar-refractivity contribution is 7.15. The van der Waals surface area contributed by atoms with Gasteiger partial charge in [0.25, 0.3) is 0 Å². The zero-order valence-electron chi connectivity index (χ0n) is 14.7. The Morgan fingerprint density at radius 2 is 2.17 bits per heavy atom. The van der Waals surface area contributed by atoms with Crippen LogP contribution < -0.4 is 16.0 Å². The minimum absolute atomic E-state index is 0.00251. The van der Waals surface area contributed by atoms with E-state index in [2.05, 4.69) is 46.7 Å². The molecule has 3 heterocycles. The maximum absolute atomic E-state index is 5.79. The number of rotatable bonds is 6. The molecule has 7 heteroatoms. The first-order valence-electron chi connectivity index (χ1n) is 8.58. The molecule has 3 N–H and O–H groups in total. The Hall–Kier alpha value is -1.44. The molecule has 0 radical (unpaired) electrons. The smallest absolute Gasteiger partial charge is 0.208 e. The number of hydrogen-bond donors (Lipinski definition) is 3. The van der Waals surface area contributed by atoms with Gasteiger partial charge in [-0.05, 0) is 19.4 Å². The van der Waals surface area contributed by atoms with Crippen LogP contribution in [0.1, 0.15) is 50.1 Å². The van der Waals surface area contributed by atoms with Gasteiger partial charge in [0.1, 0.15) is 5.76 Å². The van der Waals surface area contributed by atoms with Gasteiger partial charge in [-0.2, -0.15) is 0 Å². The van der Waals surface area contributed by atoms with Gasteiger partial charge in [-0.1, -0.05) is 20.8 Å². The van der Waals surface area contributed by atoms with Crippen molar-refractivity contribution in [2.75, 3.05) is 18.4 Å². The molecule has 0 aromatic carbocycles. The van der Waals surface area contributed by atoms with E-state index in [4.69, 9.17) is 4.42 Å². The van der Waals surface area contributed by atoms with Crippen LogP contribution in [0.3, 0.4) is 0 Å². The maximum Gasteiger partial charge on any atom is 0.208 e. The SMILES string of the molecule is CC(C)(C)c1cnc(CNCc2cnc(NC3CCCNC3)s2)o1. The van der Waals surface area contributed by atoms with Gasteiger partial charge in [-0.25, -0.2) is 9.97 Å². The number of oxazole rings is 1. The number of anilines is 1. The third-order valence-electron chi connectivity index (χ3n) is 4.05. The molecule has 6 nitrogen and oxygen atoms in total. The summed E-state index contributed by atoms with van der Waals surface area (Å²) in [7, 11) is 0. The van der Waals surface area contributed by atoms with E-state index in [9.17, 15) is 0 Å². The Balaban J connectivity index is 1.44. The van der Waals surface area contributed by atoms with Crippen molar-refractivity contribution in [1.82, 2.24) is 20.6 Å². The third-order valence-corrected chi connectivity index (χ3v) is 4.97. The van der Waals surface area contributed by atoms with E-state index < -0.39 is 0 Å². The monoisotopic (exact) mass is 349 g/mol. The molecule has 0 bridgehead atoms. The number of nitrogens with zero attached hydrogens (tertiary/aromatic N) is 2. The Labute approximate surface area is 147 Å². The van der Waals surface area contributed by atoms with E-state index in [1.54, 1.807) is 11.3 Å². The van der Waals surface area contributed by atoms with Gasteiger partial charge in [0.15, 0.2) is 5.13 Å². The zero-order valence-corrected chi connectivity index (χ0v) is 15.5. The van der Waals surface area contributed by atoms with Gasteiger partial charge in [0.05, 0.1) is 12.7 Å². The second kappa shape index (κ2) is 7.63. The van der Waals surface area contributed by atoms with E-state index in [1.807, 2.05) is 12.4 Å². The lowest BCUT2D eigenvalue weighted by Gasteiger charge is -2.23. The summed E-state index contributed by atoms with van der Waals surface area (Å²) in [6.07, 6.45) is 6.20. The third kappa shape index (κ3) is 4.78. The van der Waals surface area contributed by atoms with Crippen molar-refractivity contribution >= 4 is 16.5 Å². The fourth-order valence-corrected chi connectivity index (χ4v) is 3.50. The number of nitrogens with one attached hydrogen (secondary N) is 3. The van der Waals surface area contributed by atoms with Gasteiger partial charge in [-0.3, -0.25) is 0 Å². The van der Waals surface area contributed by atoms with Gasteiger partial charge in [0.2, 0.25) is 5.89 Å². The van der Waals surface area contributed by atoms with E-state index in [0.29, 0.717) is 12.6 Å². The first-order chi connectivity index (χ1) is 11.5. The van der Waals surface area contributed by atoms with Crippen LogP contribution in [0.4, 0.5) is 5.13 Å². The lowest BCUT2D eigenvalue weighted by atomic mass is 9.94. The average Bonchev–Trinajstić information content (AvgIpc) is 3.18. The summed E-state index contributed by atoms with van der Waals surface area (Å²) in [5.41, 5.74) is -0.00251. The van der Waals surface area contributed by atoms with E-state index in [0.717, 1.165) is 36.4 Å². The van der Waals surface area contributed by atoms with E-state index >= 15 is 0 Å². The number of hydrogen-bond acceptors (Lipinski definition) is 7. The van der Waals surface area contributed by atoms with Crippen molar-refractivity contribution in [1.29, 1.82) is 0 Å². The highest BCUT2D eigenvalue weighted by Gasteiger charge is 2.19. The van der Waals surface area contributed by atoms with Crippen molar-refractivity contribution in [3.8, 4) is 0 Å². The number of aromatic nitrogens is 2. The second-order valence-electron chi connectivity index (χ2n) is 7.29. The van der Waals surface area contributed by atoms with Gasteiger partial charge >= 0.3 is 0 Å². The van der Waals surface area contributed by atoms with Crippen LogP contribution in [0, 0.1) is 0 Å². The summed E-state index contributed by atoms with van der Waals surface area (Å²) >= 11 is 1.71. The highest BCUT2D eigenvalue weighted by Crippen LogP contribution is 2.23. The summed E-state index contributed by atoms with van der Waals surface area (Å²) in [5, 5.41) is 11.3. The fraction of sp³-hybridized carbons (Fsp3) is 0.647. The van der Waals surface area contributed by atoms with Gasteiger partial charge in [0, 0.05) is 35.6 Å². The van der Waals surface area contributed by atoms with E-state index in [-0.39, 0.29) is 5.41 Å². The lowest BCUT2D eigenvalue weighted by molar-refractivity contribution is 0.374. The Morgan fingerprint density at radius 1 is 1.29 bits per heavy atom. The molecule has 3 rings (SSSR count). The maximum atomic E-state index is 5.79. The molecule has 0 saturated carbocycles. The Bertz CT molecular complexity index is 639. The molecule has 1 aliphatic heterocycles.